The lowest BCUT2D eigenvalue weighted by atomic mass is 10.3. The number of hydrogen-bond acceptors (Lipinski definition) is 1. The summed E-state index contributed by atoms with van der Waals surface area (Å²) in [5.74, 6) is -0.216. The zero-order valence-corrected chi connectivity index (χ0v) is 10.5. The van der Waals surface area contributed by atoms with Gasteiger partial charge in [0.15, 0.2) is 0 Å². The van der Waals surface area contributed by atoms with Crippen LogP contribution in [0.15, 0.2) is 41.0 Å². The van der Waals surface area contributed by atoms with Crippen molar-refractivity contribution in [3.05, 3.63) is 52.5 Å². The number of anilines is 1. The topological polar surface area (TPSA) is 17.0 Å². The molecule has 84 valence electrons. The maximum absolute atomic E-state index is 12.7. The van der Waals surface area contributed by atoms with Crippen LogP contribution in [0.1, 0.15) is 5.69 Å². The number of rotatable bonds is 3. The highest BCUT2D eigenvalue weighted by molar-refractivity contribution is 9.10. The van der Waals surface area contributed by atoms with Crippen molar-refractivity contribution in [2.24, 2.45) is 7.05 Å². The lowest BCUT2D eigenvalue weighted by Crippen LogP contribution is -2.04. The molecule has 0 saturated carbocycles. The Labute approximate surface area is 102 Å². The van der Waals surface area contributed by atoms with Crippen molar-refractivity contribution in [3.63, 3.8) is 0 Å². The van der Waals surface area contributed by atoms with E-state index in [9.17, 15) is 4.39 Å². The fourth-order valence-corrected chi connectivity index (χ4v) is 1.82. The smallest absolute Gasteiger partial charge is 0.123 e. The van der Waals surface area contributed by atoms with Crippen molar-refractivity contribution in [2.45, 2.75) is 6.54 Å². The highest BCUT2D eigenvalue weighted by atomic mass is 79.9. The van der Waals surface area contributed by atoms with Gasteiger partial charge in [0.2, 0.25) is 0 Å². The van der Waals surface area contributed by atoms with Crippen LogP contribution in [0.2, 0.25) is 0 Å². The van der Waals surface area contributed by atoms with Gasteiger partial charge < -0.3 is 9.88 Å². The van der Waals surface area contributed by atoms with E-state index in [0.717, 1.165) is 16.0 Å². The third-order valence-corrected chi connectivity index (χ3v) is 3.28. The number of aromatic nitrogens is 1. The van der Waals surface area contributed by atoms with Crippen molar-refractivity contribution < 1.29 is 4.39 Å². The van der Waals surface area contributed by atoms with Crippen LogP contribution in [-0.4, -0.2) is 4.57 Å². The Morgan fingerprint density at radius 2 is 1.88 bits per heavy atom. The van der Waals surface area contributed by atoms with Gasteiger partial charge in [0.1, 0.15) is 5.82 Å². The van der Waals surface area contributed by atoms with Gasteiger partial charge in [-0.2, -0.15) is 0 Å². The zero-order valence-electron chi connectivity index (χ0n) is 8.87. The van der Waals surface area contributed by atoms with Crippen LogP contribution in [0.25, 0.3) is 0 Å². The number of halogens is 2. The van der Waals surface area contributed by atoms with Crippen LogP contribution in [0.3, 0.4) is 0 Å². The third-order valence-electron chi connectivity index (χ3n) is 2.48. The summed E-state index contributed by atoms with van der Waals surface area (Å²) in [6, 6.07) is 10.4. The molecule has 0 aliphatic rings. The van der Waals surface area contributed by atoms with Crippen molar-refractivity contribution >= 4 is 21.6 Å². The largest absolute Gasteiger partial charge is 0.379 e. The zero-order chi connectivity index (χ0) is 11.5. The van der Waals surface area contributed by atoms with E-state index >= 15 is 0 Å². The Kier molecular flexibility index (Phi) is 3.29. The molecule has 0 fully saturated rings. The van der Waals surface area contributed by atoms with E-state index < -0.39 is 0 Å². The first kappa shape index (κ1) is 11.2. The minimum atomic E-state index is -0.216. The number of nitrogens with one attached hydrogen (secondary N) is 1. The quantitative estimate of drug-likeness (QED) is 0.911. The molecule has 16 heavy (non-hydrogen) atoms. The Balaban J connectivity index is 2.02. The summed E-state index contributed by atoms with van der Waals surface area (Å²) >= 11 is 3.44. The van der Waals surface area contributed by atoms with Gasteiger partial charge in [-0.1, -0.05) is 0 Å². The van der Waals surface area contributed by atoms with E-state index in [0.29, 0.717) is 6.54 Å². The van der Waals surface area contributed by atoms with E-state index in [-0.39, 0.29) is 5.82 Å². The molecule has 0 spiro atoms. The Morgan fingerprint density at radius 3 is 2.44 bits per heavy atom. The van der Waals surface area contributed by atoms with Crippen LogP contribution >= 0.6 is 15.9 Å². The molecule has 1 aromatic carbocycles. The predicted octanol–water partition coefficient (Wildman–Crippen LogP) is 3.54. The Hall–Kier alpha value is -1.29. The molecule has 0 radical (unpaired) electrons. The molecule has 1 N–H and O–H groups in total. The summed E-state index contributed by atoms with van der Waals surface area (Å²) in [6.07, 6.45) is 0. The van der Waals surface area contributed by atoms with Gasteiger partial charge in [-0.05, 0) is 52.3 Å². The summed E-state index contributed by atoms with van der Waals surface area (Å²) in [6.45, 7) is 0.716. The minimum absolute atomic E-state index is 0.216. The SMILES string of the molecule is Cn1c(Br)ccc1CNc1ccc(F)cc1. The first-order valence-corrected chi connectivity index (χ1v) is 5.75. The van der Waals surface area contributed by atoms with Gasteiger partial charge in [0, 0.05) is 18.4 Å². The lowest BCUT2D eigenvalue weighted by molar-refractivity contribution is 0.628. The van der Waals surface area contributed by atoms with E-state index in [1.807, 2.05) is 19.2 Å². The lowest BCUT2D eigenvalue weighted by Gasteiger charge is -2.07. The fraction of sp³-hybridized carbons (Fsp3) is 0.167. The molecule has 0 saturated heterocycles. The second kappa shape index (κ2) is 4.70. The van der Waals surface area contributed by atoms with Crippen LogP contribution in [0, 0.1) is 5.82 Å². The monoisotopic (exact) mass is 282 g/mol. The third kappa shape index (κ3) is 2.44. The van der Waals surface area contributed by atoms with Crippen LogP contribution in [-0.2, 0) is 13.6 Å². The standard InChI is InChI=1S/C12H12BrFN2/c1-16-11(6-7-12(16)13)8-15-10-4-2-9(14)3-5-10/h2-7,15H,8H2,1H3. The average molecular weight is 283 g/mol. The normalized spacial score (nSPS) is 10.4. The maximum atomic E-state index is 12.7. The minimum Gasteiger partial charge on any atom is -0.379 e. The van der Waals surface area contributed by atoms with Crippen LogP contribution < -0.4 is 5.32 Å². The summed E-state index contributed by atoms with van der Waals surface area (Å²) < 4.78 is 15.8. The van der Waals surface area contributed by atoms with Gasteiger partial charge in [-0.25, -0.2) is 4.39 Å². The molecule has 2 rings (SSSR count). The molecule has 0 amide bonds. The van der Waals surface area contributed by atoms with Gasteiger partial charge >= 0.3 is 0 Å². The van der Waals surface area contributed by atoms with Gasteiger partial charge in [0.25, 0.3) is 0 Å². The summed E-state index contributed by atoms with van der Waals surface area (Å²) in [5, 5.41) is 3.23. The molecule has 0 aliphatic heterocycles. The molecule has 0 aliphatic carbocycles. The van der Waals surface area contributed by atoms with Crippen molar-refractivity contribution in [1.82, 2.24) is 4.57 Å². The second-order valence-corrected chi connectivity index (χ2v) is 4.38. The van der Waals surface area contributed by atoms with Crippen molar-refractivity contribution in [2.75, 3.05) is 5.32 Å². The van der Waals surface area contributed by atoms with E-state index in [1.165, 1.54) is 12.1 Å². The van der Waals surface area contributed by atoms with E-state index in [2.05, 4.69) is 25.8 Å². The highest BCUT2D eigenvalue weighted by Gasteiger charge is 2.01. The van der Waals surface area contributed by atoms with E-state index in [4.69, 9.17) is 0 Å². The summed E-state index contributed by atoms with van der Waals surface area (Å²) in [5.41, 5.74) is 2.08. The molecular weight excluding hydrogens is 271 g/mol. The summed E-state index contributed by atoms with van der Waals surface area (Å²) in [4.78, 5) is 0. The van der Waals surface area contributed by atoms with Crippen LogP contribution in [0.5, 0.6) is 0 Å². The van der Waals surface area contributed by atoms with Crippen molar-refractivity contribution in [1.29, 1.82) is 0 Å². The number of hydrogen-bond donors (Lipinski definition) is 1. The maximum Gasteiger partial charge on any atom is 0.123 e. The molecule has 0 unspecified atom stereocenters. The highest BCUT2D eigenvalue weighted by Crippen LogP contribution is 2.15. The molecular formula is C12H12BrFN2. The molecule has 1 aromatic heterocycles. The molecule has 2 aromatic rings. The van der Waals surface area contributed by atoms with Gasteiger partial charge in [-0.15, -0.1) is 0 Å². The first-order chi connectivity index (χ1) is 7.66. The van der Waals surface area contributed by atoms with Crippen molar-refractivity contribution in [3.8, 4) is 0 Å². The predicted molar refractivity (Wildman–Crippen MR) is 66.8 cm³/mol. The Morgan fingerprint density at radius 1 is 1.19 bits per heavy atom. The fourth-order valence-electron chi connectivity index (χ4n) is 1.46. The average Bonchev–Trinajstić information content (AvgIpc) is 2.60. The van der Waals surface area contributed by atoms with E-state index in [1.54, 1.807) is 12.1 Å². The molecule has 0 atom stereocenters. The number of benzene rings is 1. The second-order valence-electron chi connectivity index (χ2n) is 3.57. The molecule has 4 heteroatoms. The molecule has 0 bridgehead atoms. The van der Waals surface area contributed by atoms with Gasteiger partial charge in [-0.3, -0.25) is 0 Å². The molecule has 1 heterocycles. The molecule has 2 nitrogen and oxygen atoms in total. The number of nitrogens with zero attached hydrogens (tertiary/aromatic N) is 1. The summed E-state index contributed by atoms with van der Waals surface area (Å²) in [7, 11) is 1.99. The first-order valence-electron chi connectivity index (χ1n) is 4.96. The Bertz CT molecular complexity index is 476. The van der Waals surface area contributed by atoms with Crippen LogP contribution in [0.4, 0.5) is 10.1 Å². The van der Waals surface area contributed by atoms with Gasteiger partial charge in [0.05, 0.1) is 11.1 Å².